The number of allylic oxidation sites excluding steroid dienone is 1. The Morgan fingerprint density at radius 3 is 2.59 bits per heavy atom. The van der Waals surface area contributed by atoms with Crippen LogP contribution in [0, 0.1) is 12.3 Å². The number of nitrogens with one attached hydrogen (secondary N) is 1. The summed E-state index contributed by atoms with van der Waals surface area (Å²) in [5.41, 5.74) is 7.15. The summed E-state index contributed by atoms with van der Waals surface area (Å²) < 4.78 is 42.3. The van der Waals surface area contributed by atoms with Crippen molar-refractivity contribution in [2.24, 2.45) is 10.5 Å². The van der Waals surface area contributed by atoms with Crippen LogP contribution in [-0.2, 0) is 47.0 Å². The van der Waals surface area contributed by atoms with Crippen LogP contribution in [0.25, 0.3) is 16.6 Å². The van der Waals surface area contributed by atoms with Gasteiger partial charge in [0.25, 0.3) is 5.56 Å². The first-order valence-electron chi connectivity index (χ1n) is 13.8. The standard InChI is InChI=1S/C26H37N6O12PS/c1-16-13-32(25(38)31(22(16)35)8-7-9-33)21-12-18(28-30-27)20(44-21)15-43-45(39,42-10-11-46-24(37)26(3,4)5)29-19(23(36)40-6)14-41-17(2)34/h7-9,13,18-21H,10-12,14-15H2,1-6H3,(H,29,39)/b8-7+/t18-,19-,20+,21+,45?/m0/s1. The molecule has 1 unspecified atom stereocenters. The molecular weight excluding hydrogens is 651 g/mol. The Labute approximate surface area is 267 Å². The number of aldehydes is 1. The molecule has 1 aliphatic rings. The van der Waals surface area contributed by atoms with Gasteiger partial charge in [-0.3, -0.25) is 37.6 Å². The van der Waals surface area contributed by atoms with Crippen LogP contribution in [0.3, 0.4) is 0 Å². The fourth-order valence-corrected chi connectivity index (χ4v) is 6.26. The van der Waals surface area contributed by atoms with Crippen molar-refractivity contribution in [3.63, 3.8) is 0 Å². The minimum atomic E-state index is -4.47. The molecule has 1 saturated heterocycles. The fraction of sp³-hybridized carbons (Fsp3) is 0.615. The number of hydrogen-bond donors (Lipinski definition) is 1. The highest BCUT2D eigenvalue weighted by Gasteiger charge is 2.40. The summed E-state index contributed by atoms with van der Waals surface area (Å²) >= 11 is 0.936. The number of carbonyl (C=O) groups is 4. The number of hydrogen-bond acceptors (Lipinski definition) is 14. The van der Waals surface area contributed by atoms with Crippen molar-refractivity contribution in [3.8, 4) is 0 Å². The Hall–Kier alpha value is -3.57. The van der Waals surface area contributed by atoms with Gasteiger partial charge in [0.05, 0.1) is 32.5 Å². The molecule has 0 aliphatic carbocycles. The number of nitrogens with zero attached hydrogens (tertiary/aromatic N) is 5. The van der Waals surface area contributed by atoms with E-state index in [-0.39, 0.29) is 29.5 Å². The first-order valence-corrected chi connectivity index (χ1v) is 16.3. The molecule has 5 atom stereocenters. The van der Waals surface area contributed by atoms with E-state index in [1.807, 2.05) is 0 Å². The Kier molecular flexibility index (Phi) is 14.6. The largest absolute Gasteiger partial charge is 0.468 e. The van der Waals surface area contributed by atoms with Crippen molar-refractivity contribution in [2.75, 3.05) is 32.7 Å². The maximum absolute atomic E-state index is 13.9. The van der Waals surface area contributed by atoms with Crippen LogP contribution in [0.2, 0.25) is 0 Å². The van der Waals surface area contributed by atoms with Gasteiger partial charge in [-0.05, 0) is 18.5 Å². The number of rotatable bonds is 16. The summed E-state index contributed by atoms with van der Waals surface area (Å²) in [4.78, 5) is 75.2. The molecule has 1 N–H and O–H groups in total. The molecule has 0 spiro atoms. The van der Waals surface area contributed by atoms with E-state index in [1.165, 1.54) is 13.1 Å². The summed E-state index contributed by atoms with van der Waals surface area (Å²) in [7, 11) is -3.41. The summed E-state index contributed by atoms with van der Waals surface area (Å²) in [5, 5.41) is 5.95. The molecule has 254 valence electrons. The van der Waals surface area contributed by atoms with E-state index in [1.54, 1.807) is 20.8 Å². The van der Waals surface area contributed by atoms with Gasteiger partial charge >= 0.3 is 25.4 Å². The molecule has 1 aromatic heterocycles. The zero-order valence-corrected chi connectivity index (χ0v) is 27.9. The van der Waals surface area contributed by atoms with Crippen LogP contribution in [0.4, 0.5) is 0 Å². The third kappa shape index (κ3) is 11.0. The lowest BCUT2D eigenvalue weighted by molar-refractivity contribution is -0.148. The van der Waals surface area contributed by atoms with Gasteiger partial charge in [0.1, 0.15) is 25.2 Å². The molecule has 0 saturated carbocycles. The van der Waals surface area contributed by atoms with Gasteiger partial charge in [-0.15, -0.1) is 0 Å². The van der Waals surface area contributed by atoms with E-state index >= 15 is 0 Å². The van der Waals surface area contributed by atoms with Gasteiger partial charge in [0, 0.05) is 47.4 Å². The van der Waals surface area contributed by atoms with Crippen molar-refractivity contribution >= 4 is 49.0 Å². The van der Waals surface area contributed by atoms with E-state index in [0.717, 1.165) is 42.6 Å². The second-order valence-corrected chi connectivity index (χ2v) is 13.6. The lowest BCUT2D eigenvalue weighted by atomic mass is 10.00. The molecule has 2 rings (SSSR count). The monoisotopic (exact) mass is 688 g/mol. The number of methoxy groups -OCH3 is 1. The molecular formula is C26H37N6O12PS. The maximum atomic E-state index is 13.9. The molecule has 1 aromatic rings. The first-order chi connectivity index (χ1) is 21.6. The molecule has 1 aliphatic heterocycles. The Morgan fingerprint density at radius 2 is 2.00 bits per heavy atom. The predicted molar refractivity (Wildman–Crippen MR) is 165 cm³/mol. The second-order valence-electron chi connectivity index (χ2n) is 10.8. The number of azide groups is 1. The highest BCUT2D eigenvalue weighted by atomic mass is 32.2. The van der Waals surface area contributed by atoms with E-state index in [4.69, 9.17) is 28.8 Å². The van der Waals surface area contributed by atoms with Crippen LogP contribution in [-0.4, -0.2) is 83.3 Å². The van der Waals surface area contributed by atoms with E-state index in [2.05, 4.69) is 15.1 Å². The number of thioether (sulfide) groups is 1. The number of esters is 2. The molecule has 1 fully saturated rings. The van der Waals surface area contributed by atoms with Crippen LogP contribution < -0.4 is 16.3 Å². The highest BCUT2D eigenvalue weighted by Crippen LogP contribution is 2.46. The van der Waals surface area contributed by atoms with Crippen molar-refractivity contribution in [1.29, 1.82) is 0 Å². The topological polar surface area (TPSA) is 236 Å². The quantitative estimate of drug-likeness (QED) is 0.0383. The number of carbonyl (C=O) groups excluding carboxylic acids is 4. The molecule has 18 nitrogen and oxygen atoms in total. The van der Waals surface area contributed by atoms with Crippen molar-refractivity contribution in [3.05, 3.63) is 49.1 Å². The average Bonchev–Trinajstić information content (AvgIpc) is 3.39. The molecule has 0 amide bonds. The summed E-state index contributed by atoms with van der Waals surface area (Å²) in [5.74, 6) is -1.62. The van der Waals surface area contributed by atoms with E-state index < -0.39 is 74.0 Å². The lowest BCUT2D eigenvalue weighted by Crippen LogP contribution is -2.41. The Balaban J connectivity index is 2.34. The normalized spacial score (nSPS) is 20.0. The van der Waals surface area contributed by atoms with Gasteiger partial charge in [-0.1, -0.05) is 37.6 Å². The minimum absolute atomic E-state index is 0.0611. The van der Waals surface area contributed by atoms with Gasteiger partial charge in [0.2, 0.25) is 0 Å². The number of aryl methyl sites for hydroxylation is 1. The van der Waals surface area contributed by atoms with Crippen LogP contribution in [0.15, 0.2) is 27.0 Å². The summed E-state index contributed by atoms with van der Waals surface area (Å²) in [6.45, 7) is 6.32. The van der Waals surface area contributed by atoms with Crippen LogP contribution in [0.1, 0.15) is 45.9 Å². The molecule has 2 heterocycles. The molecule has 46 heavy (non-hydrogen) atoms. The Bertz CT molecular complexity index is 1530. The number of aromatic nitrogens is 2. The van der Waals surface area contributed by atoms with Gasteiger partial charge in [0.15, 0.2) is 5.12 Å². The van der Waals surface area contributed by atoms with E-state index in [0.29, 0.717) is 10.9 Å². The highest BCUT2D eigenvalue weighted by molar-refractivity contribution is 8.13. The Morgan fingerprint density at radius 1 is 1.30 bits per heavy atom. The van der Waals surface area contributed by atoms with Gasteiger partial charge in [-0.25, -0.2) is 19.0 Å². The van der Waals surface area contributed by atoms with Gasteiger partial charge in [-0.2, -0.15) is 0 Å². The number of ether oxygens (including phenoxy) is 3. The van der Waals surface area contributed by atoms with Crippen LogP contribution in [0.5, 0.6) is 0 Å². The second kappa shape index (κ2) is 17.4. The molecule has 0 aromatic carbocycles. The fourth-order valence-electron chi connectivity index (χ4n) is 3.89. The first kappa shape index (κ1) is 38.6. The van der Waals surface area contributed by atoms with Crippen molar-refractivity contribution < 1.29 is 47.0 Å². The third-order valence-corrected chi connectivity index (χ3v) is 9.08. The lowest BCUT2D eigenvalue weighted by Gasteiger charge is -2.25. The third-order valence-electron chi connectivity index (χ3n) is 6.20. The maximum Gasteiger partial charge on any atom is 0.406 e. The molecule has 0 bridgehead atoms. The zero-order chi connectivity index (χ0) is 34.7. The summed E-state index contributed by atoms with van der Waals surface area (Å²) in [6, 6.07) is -2.45. The van der Waals surface area contributed by atoms with E-state index in [9.17, 15) is 33.3 Å². The molecule has 20 heteroatoms. The SMILES string of the molecule is COC(=O)[C@H](COC(C)=O)NP(=O)(OCCSC(=O)C(C)(C)C)OC[C@H]1O[C@@H](n2cc(C)c(=O)n(/C=C/C=O)c2=O)C[C@@H]1N=[N+]=[N-]. The smallest absolute Gasteiger partial charge is 0.406 e. The zero-order valence-electron chi connectivity index (χ0n) is 26.1. The van der Waals surface area contributed by atoms with Crippen molar-refractivity contribution in [2.45, 2.75) is 65.5 Å². The van der Waals surface area contributed by atoms with Crippen molar-refractivity contribution in [1.82, 2.24) is 14.2 Å². The predicted octanol–water partition coefficient (Wildman–Crippen LogP) is 2.10. The minimum Gasteiger partial charge on any atom is -0.468 e. The summed E-state index contributed by atoms with van der Waals surface area (Å²) in [6.07, 6.45) is 1.36. The molecule has 0 radical (unpaired) electrons. The average molecular weight is 689 g/mol. The van der Waals surface area contributed by atoms with Crippen LogP contribution >= 0.6 is 19.5 Å². The van der Waals surface area contributed by atoms with Gasteiger partial charge < -0.3 is 14.2 Å².